The molecule has 0 unspecified atom stereocenters. The number of aryl methyl sites for hydroxylation is 3. The van der Waals surface area contributed by atoms with Crippen molar-refractivity contribution in [2.45, 2.75) is 41.0 Å². The number of carbonyl (C=O) groups excluding carboxylic acids is 2. The normalized spacial score (nSPS) is 9.31. The third-order valence-corrected chi connectivity index (χ3v) is 3.20. The minimum atomic E-state index is -0.581. The summed E-state index contributed by atoms with van der Waals surface area (Å²) < 4.78 is 10.7. The first-order valence-corrected chi connectivity index (χ1v) is 8.53. The van der Waals surface area contributed by atoms with E-state index in [1.54, 1.807) is 13.8 Å². The Kier molecular flexibility index (Phi) is 11.3. The molecule has 0 spiro atoms. The fourth-order valence-corrected chi connectivity index (χ4v) is 2.17. The first-order valence-electron chi connectivity index (χ1n) is 8.53. The van der Waals surface area contributed by atoms with Gasteiger partial charge >= 0.3 is 11.9 Å². The number of fused-ring (bicyclic) bond motifs is 1. The highest BCUT2D eigenvalue weighted by Gasteiger charge is 2.05. The maximum absolute atomic E-state index is 9.95. The van der Waals surface area contributed by atoms with Gasteiger partial charge in [0.1, 0.15) is 6.21 Å². The third-order valence-electron chi connectivity index (χ3n) is 3.20. The first-order chi connectivity index (χ1) is 12.3. The van der Waals surface area contributed by atoms with E-state index in [0.29, 0.717) is 19.4 Å². The molecule has 0 bridgehead atoms. The van der Waals surface area contributed by atoms with E-state index in [9.17, 15) is 9.59 Å². The molecule has 0 aliphatic carbocycles. The number of nitrogens with one attached hydrogen (secondary N) is 1. The molecule has 0 aliphatic rings. The Hall–Kier alpha value is -2.70. The van der Waals surface area contributed by atoms with Crippen LogP contribution in [-0.2, 0) is 32.5 Å². The van der Waals surface area contributed by atoms with Gasteiger partial charge in [0, 0.05) is 25.1 Å². The van der Waals surface area contributed by atoms with E-state index in [1.165, 1.54) is 23.6 Å². The Morgan fingerprint density at radius 2 is 1.81 bits per heavy atom. The molecule has 144 valence electrons. The molecule has 2 aromatic rings. The van der Waals surface area contributed by atoms with Gasteiger partial charge in [0.05, 0.1) is 18.7 Å². The number of benzene rings is 1. The smallest absolute Gasteiger partial charge is 0.348 e. The second-order valence-electron chi connectivity index (χ2n) is 5.27. The minimum absolute atomic E-state index is 0.211. The van der Waals surface area contributed by atoms with Crippen molar-refractivity contribution in [2.24, 2.45) is 7.05 Å². The van der Waals surface area contributed by atoms with Crippen LogP contribution >= 0.6 is 0 Å². The van der Waals surface area contributed by atoms with Crippen LogP contribution in [0.1, 0.15) is 39.0 Å². The zero-order valence-electron chi connectivity index (χ0n) is 16.5. The van der Waals surface area contributed by atoms with Crippen molar-refractivity contribution in [1.29, 1.82) is 5.41 Å². The number of hydrogen-bond acceptors (Lipinski definition) is 6. The monoisotopic (exact) mass is 363 g/mol. The minimum Gasteiger partial charge on any atom is -0.466 e. The van der Waals surface area contributed by atoms with E-state index < -0.39 is 5.97 Å². The lowest BCUT2D eigenvalue weighted by molar-refractivity contribution is -0.140. The maximum Gasteiger partial charge on any atom is 0.348 e. The van der Waals surface area contributed by atoms with Crippen LogP contribution in [0.25, 0.3) is 10.9 Å². The van der Waals surface area contributed by atoms with Gasteiger partial charge in [0.2, 0.25) is 0 Å². The Balaban J connectivity index is 0.000000411. The van der Waals surface area contributed by atoms with Gasteiger partial charge in [0.15, 0.2) is 0 Å². The van der Waals surface area contributed by atoms with Gasteiger partial charge in [-0.2, -0.15) is 5.10 Å². The molecule has 1 aromatic carbocycles. The fraction of sp³-hybridized carbons (Fsp3) is 0.474. The summed E-state index contributed by atoms with van der Waals surface area (Å²) in [6.45, 7) is 9.97. The van der Waals surface area contributed by atoms with E-state index in [-0.39, 0.29) is 5.97 Å². The molecule has 0 atom stereocenters. The third kappa shape index (κ3) is 8.41. The van der Waals surface area contributed by atoms with Gasteiger partial charge in [-0.15, -0.1) is 0 Å². The van der Waals surface area contributed by atoms with Gasteiger partial charge in [-0.1, -0.05) is 18.6 Å². The molecule has 0 aliphatic heterocycles. The SMILES string of the molecule is CCOC(=O)C=N.CCOC(C)=O.CCc1c2cc(C)ccc2nn1C. The summed E-state index contributed by atoms with van der Waals surface area (Å²) >= 11 is 0. The standard InChI is InChI=1S/C11H14N2.C4H7NO2.C4H8O2/c1-4-11-9-7-8(2)5-6-10(9)12-13(11)3;1-2-7-4(6)3-5;1-3-6-4(2)5/h5-7H,4H2,1-3H3;3,5H,2H2,1H3;3H2,1-2H3. The van der Waals surface area contributed by atoms with Crippen LogP contribution in [-0.4, -0.2) is 41.1 Å². The molecule has 1 heterocycles. The van der Waals surface area contributed by atoms with E-state index in [2.05, 4.69) is 46.6 Å². The van der Waals surface area contributed by atoms with Gasteiger partial charge in [-0.3, -0.25) is 9.48 Å². The molecule has 7 heteroatoms. The second kappa shape index (κ2) is 12.6. The van der Waals surface area contributed by atoms with Crippen molar-refractivity contribution in [2.75, 3.05) is 13.2 Å². The number of ether oxygens (including phenoxy) is 2. The van der Waals surface area contributed by atoms with Crippen molar-refractivity contribution in [1.82, 2.24) is 9.78 Å². The van der Waals surface area contributed by atoms with Gasteiger partial charge in [-0.25, -0.2) is 4.79 Å². The largest absolute Gasteiger partial charge is 0.466 e. The van der Waals surface area contributed by atoms with Crippen molar-refractivity contribution in [3.8, 4) is 0 Å². The van der Waals surface area contributed by atoms with Crippen molar-refractivity contribution < 1.29 is 19.1 Å². The summed E-state index contributed by atoms with van der Waals surface area (Å²) in [4.78, 5) is 19.8. The predicted octanol–water partition coefficient (Wildman–Crippen LogP) is 3.21. The number of nitrogens with zero attached hydrogens (tertiary/aromatic N) is 2. The van der Waals surface area contributed by atoms with Crippen molar-refractivity contribution in [3.63, 3.8) is 0 Å². The summed E-state index contributed by atoms with van der Waals surface area (Å²) in [5.41, 5.74) is 3.72. The predicted molar refractivity (Wildman–Crippen MR) is 103 cm³/mol. The zero-order chi connectivity index (χ0) is 20.1. The number of carbonyl (C=O) groups is 2. The Morgan fingerprint density at radius 3 is 2.19 bits per heavy atom. The molecule has 2 rings (SSSR count). The van der Waals surface area contributed by atoms with Gasteiger partial charge in [0.25, 0.3) is 0 Å². The molecule has 26 heavy (non-hydrogen) atoms. The van der Waals surface area contributed by atoms with Crippen LogP contribution in [0.3, 0.4) is 0 Å². The molecule has 1 aromatic heterocycles. The van der Waals surface area contributed by atoms with Crippen LogP contribution in [0.15, 0.2) is 18.2 Å². The molecular formula is C19H29N3O4. The highest BCUT2D eigenvalue weighted by Crippen LogP contribution is 2.19. The van der Waals surface area contributed by atoms with Gasteiger partial charge in [-0.05, 0) is 39.3 Å². The molecule has 0 amide bonds. The Bertz CT molecular complexity index is 723. The quantitative estimate of drug-likeness (QED) is 0.665. The Labute approximate surface area is 154 Å². The maximum atomic E-state index is 9.95. The van der Waals surface area contributed by atoms with E-state index in [0.717, 1.165) is 11.9 Å². The van der Waals surface area contributed by atoms with Crippen LogP contribution < -0.4 is 0 Å². The van der Waals surface area contributed by atoms with Crippen LogP contribution in [0.2, 0.25) is 0 Å². The summed E-state index contributed by atoms with van der Waals surface area (Å²) in [5.74, 6) is -0.792. The lowest BCUT2D eigenvalue weighted by Crippen LogP contribution is -2.02. The number of rotatable bonds is 4. The average molecular weight is 363 g/mol. The highest BCUT2D eigenvalue weighted by molar-refractivity contribution is 6.21. The Morgan fingerprint density at radius 1 is 1.19 bits per heavy atom. The number of aromatic nitrogens is 2. The van der Waals surface area contributed by atoms with Crippen LogP contribution in [0.5, 0.6) is 0 Å². The number of hydrogen-bond donors (Lipinski definition) is 1. The molecule has 1 N–H and O–H groups in total. The van der Waals surface area contributed by atoms with Crippen molar-refractivity contribution in [3.05, 3.63) is 29.5 Å². The summed E-state index contributed by atoms with van der Waals surface area (Å²) in [6.07, 6.45) is 1.68. The lowest BCUT2D eigenvalue weighted by atomic mass is 10.1. The molecule has 0 fully saturated rings. The van der Waals surface area contributed by atoms with Crippen LogP contribution in [0.4, 0.5) is 0 Å². The second-order valence-corrected chi connectivity index (χ2v) is 5.27. The summed E-state index contributed by atoms with van der Waals surface area (Å²) in [7, 11) is 2.01. The topological polar surface area (TPSA) is 94.3 Å². The lowest BCUT2D eigenvalue weighted by Gasteiger charge is -1.97. The first kappa shape index (κ1) is 23.3. The highest BCUT2D eigenvalue weighted by atomic mass is 16.5. The molecule has 7 nitrogen and oxygen atoms in total. The van der Waals surface area contributed by atoms with Crippen LogP contribution in [0, 0.1) is 12.3 Å². The van der Waals surface area contributed by atoms with E-state index >= 15 is 0 Å². The summed E-state index contributed by atoms with van der Waals surface area (Å²) in [6, 6.07) is 6.40. The van der Waals surface area contributed by atoms with Crippen molar-refractivity contribution >= 4 is 29.1 Å². The van der Waals surface area contributed by atoms with E-state index in [4.69, 9.17) is 5.41 Å². The molecule has 0 radical (unpaired) electrons. The average Bonchev–Trinajstić information content (AvgIpc) is 2.90. The molecule has 0 saturated heterocycles. The van der Waals surface area contributed by atoms with E-state index in [1.807, 2.05) is 11.7 Å². The van der Waals surface area contributed by atoms with Gasteiger partial charge < -0.3 is 14.9 Å². The summed E-state index contributed by atoms with van der Waals surface area (Å²) in [5, 5.41) is 12.1. The molecule has 0 saturated carbocycles. The zero-order valence-corrected chi connectivity index (χ0v) is 16.5. The fourth-order valence-electron chi connectivity index (χ4n) is 2.17. The number of esters is 2. The molecular weight excluding hydrogens is 334 g/mol.